The Morgan fingerprint density at radius 1 is 1.41 bits per heavy atom. The Morgan fingerprint density at radius 2 is 2.06 bits per heavy atom. The molecule has 92 valence electrons. The molecule has 1 aromatic heterocycles. The van der Waals surface area contributed by atoms with E-state index >= 15 is 0 Å². The summed E-state index contributed by atoms with van der Waals surface area (Å²) in [6.45, 7) is 4.77. The second kappa shape index (κ2) is 5.08. The number of aliphatic hydroxyl groups excluding tert-OH is 1. The van der Waals surface area contributed by atoms with Crippen LogP contribution in [0.5, 0.6) is 0 Å². The molecule has 0 fully saturated rings. The highest BCUT2D eigenvalue weighted by atomic mass is 16.3. The van der Waals surface area contributed by atoms with Crippen LogP contribution < -0.4 is 5.32 Å². The first-order chi connectivity index (χ1) is 7.91. The Morgan fingerprint density at radius 3 is 2.59 bits per heavy atom. The fourth-order valence-electron chi connectivity index (χ4n) is 1.20. The van der Waals surface area contributed by atoms with Gasteiger partial charge in [-0.1, -0.05) is 0 Å². The van der Waals surface area contributed by atoms with Crippen molar-refractivity contribution in [3.8, 4) is 6.07 Å². The highest BCUT2D eigenvalue weighted by molar-refractivity contribution is 5.55. The van der Waals surface area contributed by atoms with E-state index in [9.17, 15) is 5.11 Å². The molecule has 1 aromatic rings. The number of nitrogens with zero attached hydrogens (tertiary/aromatic N) is 3. The first-order valence-electron chi connectivity index (χ1n) is 5.22. The van der Waals surface area contributed by atoms with E-state index < -0.39 is 5.60 Å². The molecular weight excluding hydrogens is 220 g/mol. The van der Waals surface area contributed by atoms with E-state index in [0.29, 0.717) is 17.1 Å². The van der Waals surface area contributed by atoms with Crippen LogP contribution in [0.15, 0.2) is 0 Å². The summed E-state index contributed by atoms with van der Waals surface area (Å²) in [6, 6.07) is 2.05. The average Bonchev–Trinajstić information content (AvgIpc) is 2.31. The average molecular weight is 236 g/mol. The molecule has 0 radical (unpaired) electrons. The van der Waals surface area contributed by atoms with Crippen LogP contribution in [0.2, 0.25) is 0 Å². The van der Waals surface area contributed by atoms with Gasteiger partial charge < -0.3 is 15.5 Å². The van der Waals surface area contributed by atoms with Crippen molar-refractivity contribution in [2.75, 3.05) is 18.5 Å². The normalized spacial score (nSPS) is 13.9. The molecule has 17 heavy (non-hydrogen) atoms. The topological polar surface area (TPSA) is 102 Å². The van der Waals surface area contributed by atoms with Crippen molar-refractivity contribution in [1.29, 1.82) is 5.26 Å². The van der Waals surface area contributed by atoms with Crippen LogP contribution in [0.3, 0.4) is 0 Å². The Bertz CT molecular complexity index is 452. The minimum absolute atomic E-state index is 0.0926. The number of nitriles is 1. The van der Waals surface area contributed by atoms with Crippen molar-refractivity contribution in [2.45, 2.75) is 26.4 Å². The van der Waals surface area contributed by atoms with Gasteiger partial charge in [-0.2, -0.15) is 10.4 Å². The molecule has 0 aliphatic carbocycles. The van der Waals surface area contributed by atoms with Gasteiger partial charge in [0.15, 0.2) is 5.82 Å². The van der Waals surface area contributed by atoms with Crippen LogP contribution in [0.25, 0.3) is 0 Å². The monoisotopic (exact) mass is 236 g/mol. The lowest BCUT2D eigenvalue weighted by Gasteiger charge is -2.21. The van der Waals surface area contributed by atoms with Crippen molar-refractivity contribution in [3.63, 3.8) is 0 Å². The molecule has 1 rings (SSSR count). The summed E-state index contributed by atoms with van der Waals surface area (Å²) in [5.41, 5.74) is 0.605. The maximum absolute atomic E-state index is 9.63. The maximum Gasteiger partial charge on any atom is 0.167 e. The molecule has 0 aliphatic heterocycles. The van der Waals surface area contributed by atoms with Gasteiger partial charge in [-0.05, 0) is 26.3 Å². The number of nitrogens with one attached hydrogen (secondary N) is 1. The molecule has 0 saturated heterocycles. The Labute approximate surface area is 99.9 Å². The number of anilines is 1. The number of hydrogen-bond donors (Lipinski definition) is 3. The van der Waals surface area contributed by atoms with Gasteiger partial charge in [-0.25, -0.2) is 0 Å². The minimum atomic E-state index is -1.26. The van der Waals surface area contributed by atoms with Gasteiger partial charge in [-0.3, -0.25) is 0 Å². The predicted octanol–water partition coefficient (Wildman–Crippen LogP) is 0.120. The smallest absolute Gasteiger partial charge is 0.167 e. The zero-order valence-electron chi connectivity index (χ0n) is 10.2. The summed E-state index contributed by atoms with van der Waals surface area (Å²) < 4.78 is 0. The second-order valence-corrected chi connectivity index (χ2v) is 4.25. The molecule has 0 bridgehead atoms. The quantitative estimate of drug-likeness (QED) is 0.686. The van der Waals surface area contributed by atoms with Gasteiger partial charge >= 0.3 is 0 Å². The minimum Gasteiger partial charge on any atom is -0.393 e. The van der Waals surface area contributed by atoms with E-state index in [4.69, 9.17) is 10.4 Å². The third-order valence-electron chi connectivity index (χ3n) is 2.54. The predicted molar refractivity (Wildman–Crippen MR) is 62.4 cm³/mol. The van der Waals surface area contributed by atoms with E-state index in [1.807, 2.05) is 6.07 Å². The van der Waals surface area contributed by atoms with Gasteiger partial charge in [-0.15, -0.1) is 5.10 Å². The number of aromatic nitrogens is 2. The third-order valence-corrected chi connectivity index (χ3v) is 2.54. The van der Waals surface area contributed by atoms with Crippen LogP contribution in [0, 0.1) is 25.2 Å². The molecule has 6 nitrogen and oxygen atoms in total. The van der Waals surface area contributed by atoms with E-state index in [-0.39, 0.29) is 13.2 Å². The van der Waals surface area contributed by atoms with Gasteiger partial charge in [0.05, 0.1) is 12.3 Å². The first kappa shape index (κ1) is 13.4. The number of aliphatic hydroxyl groups is 2. The summed E-state index contributed by atoms with van der Waals surface area (Å²) in [7, 11) is 0. The van der Waals surface area contributed by atoms with Crippen molar-refractivity contribution < 1.29 is 10.2 Å². The van der Waals surface area contributed by atoms with E-state index in [1.54, 1.807) is 13.8 Å². The molecule has 0 amide bonds. The van der Waals surface area contributed by atoms with Gasteiger partial charge in [0.25, 0.3) is 0 Å². The Hall–Kier alpha value is -1.71. The summed E-state index contributed by atoms with van der Waals surface area (Å²) >= 11 is 0. The van der Waals surface area contributed by atoms with Gasteiger partial charge in [0.2, 0.25) is 0 Å². The highest BCUT2D eigenvalue weighted by Gasteiger charge is 2.20. The van der Waals surface area contributed by atoms with Crippen molar-refractivity contribution in [3.05, 3.63) is 16.8 Å². The number of rotatable bonds is 4. The van der Waals surface area contributed by atoms with Crippen LogP contribution in [0.1, 0.15) is 23.7 Å². The van der Waals surface area contributed by atoms with Crippen LogP contribution in [0.4, 0.5) is 5.82 Å². The van der Waals surface area contributed by atoms with Crippen LogP contribution >= 0.6 is 0 Å². The van der Waals surface area contributed by atoms with E-state index in [0.717, 1.165) is 5.56 Å². The Kier molecular flexibility index (Phi) is 3.99. The van der Waals surface area contributed by atoms with Crippen LogP contribution in [-0.2, 0) is 0 Å². The fraction of sp³-hybridized carbons (Fsp3) is 0.545. The number of aryl methyl sites for hydroxylation is 1. The lowest BCUT2D eigenvalue weighted by atomic mass is 10.1. The molecule has 1 atom stereocenters. The first-order valence-corrected chi connectivity index (χ1v) is 5.22. The van der Waals surface area contributed by atoms with E-state index in [1.165, 1.54) is 6.92 Å². The lowest BCUT2D eigenvalue weighted by molar-refractivity contribution is 0.0131. The zero-order chi connectivity index (χ0) is 13.1. The highest BCUT2D eigenvalue weighted by Crippen LogP contribution is 2.17. The number of hydrogen-bond acceptors (Lipinski definition) is 6. The molecule has 6 heteroatoms. The van der Waals surface area contributed by atoms with Gasteiger partial charge in [0, 0.05) is 6.54 Å². The molecule has 1 unspecified atom stereocenters. The molecular formula is C11H16N4O2. The standard InChI is InChI=1S/C11H16N4O2/c1-7-8(2)14-15-10(9(7)4-12)13-5-11(3,17)6-16/h16-17H,5-6H2,1-3H3,(H,13,15). The fourth-order valence-corrected chi connectivity index (χ4v) is 1.20. The molecule has 1 heterocycles. The summed E-state index contributed by atoms with van der Waals surface area (Å²) in [4.78, 5) is 0. The van der Waals surface area contributed by atoms with E-state index in [2.05, 4.69) is 15.5 Å². The lowest BCUT2D eigenvalue weighted by Crippen LogP contribution is -2.37. The summed E-state index contributed by atoms with van der Waals surface area (Å²) in [5.74, 6) is 0.323. The van der Waals surface area contributed by atoms with Crippen molar-refractivity contribution in [1.82, 2.24) is 10.2 Å². The van der Waals surface area contributed by atoms with Gasteiger partial charge in [0.1, 0.15) is 17.2 Å². The summed E-state index contributed by atoms with van der Waals surface area (Å²) in [6.07, 6.45) is 0. The largest absolute Gasteiger partial charge is 0.393 e. The van der Waals surface area contributed by atoms with Crippen molar-refractivity contribution in [2.24, 2.45) is 0 Å². The molecule has 0 saturated carbocycles. The summed E-state index contributed by atoms with van der Waals surface area (Å²) in [5, 5.41) is 38.2. The molecule has 0 aromatic carbocycles. The van der Waals surface area contributed by atoms with Crippen molar-refractivity contribution >= 4 is 5.82 Å². The Balaban J connectivity index is 2.94. The third kappa shape index (κ3) is 3.12. The molecule has 0 spiro atoms. The molecule has 3 N–H and O–H groups in total. The maximum atomic E-state index is 9.63. The SMILES string of the molecule is Cc1nnc(NCC(C)(O)CO)c(C#N)c1C. The second-order valence-electron chi connectivity index (χ2n) is 4.25. The van der Waals surface area contributed by atoms with Crippen LogP contribution in [-0.4, -0.2) is 39.2 Å². The zero-order valence-corrected chi connectivity index (χ0v) is 10.2. The molecule has 0 aliphatic rings.